The highest BCUT2D eigenvalue weighted by Crippen LogP contribution is 2.22. The molecule has 0 aliphatic rings. The number of nitrogens with one attached hydrogen (secondary N) is 1. The van der Waals surface area contributed by atoms with Crippen molar-refractivity contribution in [1.82, 2.24) is 5.32 Å². The molecule has 0 fully saturated rings. The van der Waals surface area contributed by atoms with E-state index in [0.717, 1.165) is 0 Å². The Kier molecular flexibility index (Phi) is 3.94. The maximum Gasteiger partial charge on any atom is 0.252 e. The van der Waals surface area contributed by atoms with E-state index >= 15 is 0 Å². The number of benzene rings is 1. The average molecular weight is 229 g/mol. The Morgan fingerprint density at radius 1 is 1.67 bits per heavy atom. The summed E-state index contributed by atoms with van der Waals surface area (Å²) in [4.78, 5) is 11.6. The van der Waals surface area contributed by atoms with E-state index in [9.17, 15) is 4.79 Å². The molecule has 0 unspecified atom stereocenters. The summed E-state index contributed by atoms with van der Waals surface area (Å²) in [5.74, 6) is -0.340. The van der Waals surface area contributed by atoms with Gasteiger partial charge < -0.3 is 16.2 Å². The second-order valence-electron chi connectivity index (χ2n) is 3.27. The van der Waals surface area contributed by atoms with Crippen LogP contribution >= 0.6 is 11.6 Å². The molecule has 0 bridgehead atoms. The smallest absolute Gasteiger partial charge is 0.252 e. The number of hydrogen-bond donors (Lipinski definition) is 3. The van der Waals surface area contributed by atoms with Gasteiger partial charge in [0.25, 0.3) is 5.91 Å². The number of anilines is 1. The lowest BCUT2D eigenvalue weighted by Gasteiger charge is -2.09. The molecule has 1 rings (SSSR count). The minimum absolute atomic E-state index is 0.184. The highest BCUT2D eigenvalue weighted by Gasteiger charge is 2.11. The SMILES string of the molecule is C[C@H](O)CNC(=O)c1cccc(N)c1Cl. The Morgan fingerprint density at radius 2 is 2.33 bits per heavy atom. The Morgan fingerprint density at radius 3 is 2.93 bits per heavy atom. The maximum atomic E-state index is 11.6. The van der Waals surface area contributed by atoms with Crippen molar-refractivity contribution in [2.24, 2.45) is 0 Å². The van der Waals surface area contributed by atoms with Crippen molar-refractivity contribution in [2.75, 3.05) is 12.3 Å². The fraction of sp³-hybridized carbons (Fsp3) is 0.300. The topological polar surface area (TPSA) is 75.3 Å². The first-order chi connectivity index (χ1) is 7.02. The Balaban J connectivity index is 2.78. The van der Waals surface area contributed by atoms with E-state index in [2.05, 4.69) is 5.32 Å². The molecule has 0 heterocycles. The second kappa shape index (κ2) is 5.00. The Hall–Kier alpha value is -1.26. The van der Waals surface area contributed by atoms with Crippen LogP contribution in [0.4, 0.5) is 5.69 Å². The predicted molar refractivity (Wildman–Crippen MR) is 59.9 cm³/mol. The molecule has 0 aromatic heterocycles. The third-order valence-electron chi connectivity index (χ3n) is 1.83. The molecule has 0 aliphatic heterocycles. The van der Waals surface area contributed by atoms with Gasteiger partial charge in [0.2, 0.25) is 0 Å². The first-order valence-electron chi connectivity index (χ1n) is 4.52. The van der Waals surface area contributed by atoms with Gasteiger partial charge in [0.1, 0.15) is 0 Å². The van der Waals surface area contributed by atoms with Gasteiger partial charge in [0, 0.05) is 6.54 Å². The van der Waals surface area contributed by atoms with Crippen LogP contribution in [0, 0.1) is 0 Å². The standard InChI is InChI=1S/C10H13ClN2O2/c1-6(14)5-13-10(15)7-3-2-4-8(12)9(7)11/h2-4,6,14H,5,12H2,1H3,(H,13,15)/t6-/m0/s1. The minimum Gasteiger partial charge on any atom is -0.398 e. The third kappa shape index (κ3) is 3.11. The molecule has 0 radical (unpaired) electrons. The molecular weight excluding hydrogens is 216 g/mol. The summed E-state index contributed by atoms with van der Waals surface area (Å²) in [5, 5.41) is 11.8. The number of rotatable bonds is 3. The summed E-state index contributed by atoms with van der Waals surface area (Å²) >= 11 is 5.86. The van der Waals surface area contributed by atoms with E-state index in [1.165, 1.54) is 0 Å². The molecule has 4 N–H and O–H groups in total. The van der Waals surface area contributed by atoms with Gasteiger partial charge in [0.05, 0.1) is 22.4 Å². The van der Waals surface area contributed by atoms with E-state index in [1.54, 1.807) is 25.1 Å². The third-order valence-corrected chi connectivity index (χ3v) is 2.25. The lowest BCUT2D eigenvalue weighted by atomic mass is 10.2. The second-order valence-corrected chi connectivity index (χ2v) is 3.65. The fourth-order valence-electron chi connectivity index (χ4n) is 1.06. The number of nitrogens with two attached hydrogens (primary N) is 1. The van der Waals surface area contributed by atoms with Crippen molar-refractivity contribution in [2.45, 2.75) is 13.0 Å². The summed E-state index contributed by atoms with van der Waals surface area (Å²) in [6, 6.07) is 4.85. The summed E-state index contributed by atoms with van der Waals surface area (Å²) < 4.78 is 0. The number of nitrogen functional groups attached to an aromatic ring is 1. The van der Waals surface area contributed by atoms with Crippen LogP contribution in [-0.4, -0.2) is 23.7 Å². The lowest BCUT2D eigenvalue weighted by Crippen LogP contribution is -2.30. The monoisotopic (exact) mass is 228 g/mol. The molecule has 1 aromatic carbocycles. The van der Waals surface area contributed by atoms with E-state index < -0.39 is 6.10 Å². The van der Waals surface area contributed by atoms with Crippen LogP contribution in [0.3, 0.4) is 0 Å². The number of carbonyl (C=O) groups excluding carboxylic acids is 1. The summed E-state index contributed by atoms with van der Waals surface area (Å²) in [5.41, 5.74) is 6.23. The molecule has 1 aromatic rings. The van der Waals surface area contributed by atoms with Crippen molar-refractivity contribution >= 4 is 23.2 Å². The first-order valence-corrected chi connectivity index (χ1v) is 4.90. The van der Waals surface area contributed by atoms with Crippen molar-refractivity contribution in [3.63, 3.8) is 0 Å². The molecule has 0 saturated carbocycles. The van der Waals surface area contributed by atoms with Crippen molar-refractivity contribution in [3.8, 4) is 0 Å². The Labute approximate surface area is 93.0 Å². The Bertz CT molecular complexity index is 366. The van der Waals surface area contributed by atoms with Gasteiger partial charge in [-0.1, -0.05) is 17.7 Å². The highest BCUT2D eigenvalue weighted by molar-refractivity contribution is 6.36. The zero-order valence-corrected chi connectivity index (χ0v) is 9.08. The van der Waals surface area contributed by atoms with Gasteiger partial charge in [-0.25, -0.2) is 0 Å². The average Bonchev–Trinajstić information content (AvgIpc) is 2.18. The number of aliphatic hydroxyl groups is 1. The van der Waals surface area contributed by atoms with Crippen molar-refractivity contribution < 1.29 is 9.90 Å². The zero-order valence-electron chi connectivity index (χ0n) is 8.33. The molecule has 1 atom stereocenters. The zero-order chi connectivity index (χ0) is 11.4. The fourth-order valence-corrected chi connectivity index (χ4v) is 1.27. The van der Waals surface area contributed by atoms with Crippen LogP contribution in [0.25, 0.3) is 0 Å². The summed E-state index contributed by atoms with van der Waals surface area (Å²) in [6.45, 7) is 1.77. The number of aliphatic hydroxyl groups excluding tert-OH is 1. The quantitative estimate of drug-likeness (QED) is 0.677. The number of halogens is 1. The minimum atomic E-state index is -0.589. The molecule has 0 spiro atoms. The molecule has 15 heavy (non-hydrogen) atoms. The van der Waals surface area contributed by atoms with Gasteiger partial charge >= 0.3 is 0 Å². The molecule has 0 saturated heterocycles. The van der Waals surface area contributed by atoms with Crippen LogP contribution in [0.2, 0.25) is 5.02 Å². The predicted octanol–water partition coefficient (Wildman–Crippen LogP) is 1.03. The maximum absolute atomic E-state index is 11.6. The molecule has 1 amide bonds. The molecule has 5 heteroatoms. The van der Waals surface area contributed by atoms with E-state index in [0.29, 0.717) is 11.3 Å². The number of carbonyl (C=O) groups is 1. The van der Waals surface area contributed by atoms with Gasteiger partial charge in [-0.15, -0.1) is 0 Å². The molecule has 82 valence electrons. The summed E-state index contributed by atoms with van der Waals surface area (Å²) in [7, 11) is 0. The largest absolute Gasteiger partial charge is 0.398 e. The number of amides is 1. The molecule has 0 aliphatic carbocycles. The molecule has 4 nitrogen and oxygen atoms in total. The van der Waals surface area contributed by atoms with Gasteiger partial charge in [-0.2, -0.15) is 0 Å². The highest BCUT2D eigenvalue weighted by atomic mass is 35.5. The van der Waals surface area contributed by atoms with E-state index in [1.807, 2.05) is 0 Å². The van der Waals surface area contributed by atoms with E-state index in [-0.39, 0.29) is 17.5 Å². The van der Waals surface area contributed by atoms with Crippen LogP contribution in [0.15, 0.2) is 18.2 Å². The van der Waals surface area contributed by atoms with E-state index in [4.69, 9.17) is 22.4 Å². The summed E-state index contributed by atoms with van der Waals surface area (Å²) in [6.07, 6.45) is -0.589. The van der Waals surface area contributed by atoms with Gasteiger partial charge in [-0.3, -0.25) is 4.79 Å². The van der Waals surface area contributed by atoms with Crippen LogP contribution in [0.5, 0.6) is 0 Å². The van der Waals surface area contributed by atoms with Crippen LogP contribution in [-0.2, 0) is 0 Å². The van der Waals surface area contributed by atoms with Crippen LogP contribution < -0.4 is 11.1 Å². The molecular formula is C10H13ClN2O2. The van der Waals surface area contributed by atoms with Crippen molar-refractivity contribution in [1.29, 1.82) is 0 Å². The van der Waals surface area contributed by atoms with Gasteiger partial charge in [-0.05, 0) is 19.1 Å². The number of hydrogen-bond acceptors (Lipinski definition) is 3. The van der Waals surface area contributed by atoms with Crippen molar-refractivity contribution in [3.05, 3.63) is 28.8 Å². The normalized spacial score (nSPS) is 12.2. The lowest BCUT2D eigenvalue weighted by molar-refractivity contribution is 0.0924. The van der Waals surface area contributed by atoms with Crippen LogP contribution in [0.1, 0.15) is 17.3 Å². The van der Waals surface area contributed by atoms with Gasteiger partial charge in [0.15, 0.2) is 0 Å². The first kappa shape index (κ1) is 11.8.